The zero-order chi connectivity index (χ0) is 16.9. The number of hydrogen-bond donors (Lipinski definition) is 0. The van der Waals surface area contributed by atoms with Crippen molar-refractivity contribution in [3.8, 4) is 0 Å². The first-order chi connectivity index (χ1) is 11.7. The van der Waals surface area contributed by atoms with Gasteiger partial charge in [-0.3, -0.25) is 9.69 Å². The summed E-state index contributed by atoms with van der Waals surface area (Å²) in [7, 11) is 0. The van der Waals surface area contributed by atoms with Crippen molar-refractivity contribution in [3.05, 3.63) is 35.9 Å². The second kappa shape index (κ2) is 8.13. The van der Waals surface area contributed by atoms with Crippen LogP contribution in [0, 0.1) is 5.92 Å². The molecule has 0 radical (unpaired) electrons. The molecule has 2 saturated heterocycles. The SMILES string of the molecule is CCC1CN(C(=O)C2CCOC2)C(CC)CN1Cc1ccccc1. The van der Waals surface area contributed by atoms with Crippen molar-refractivity contribution in [2.24, 2.45) is 5.92 Å². The molecule has 2 aliphatic rings. The van der Waals surface area contributed by atoms with Crippen LogP contribution in [0.2, 0.25) is 0 Å². The Balaban J connectivity index is 1.70. The smallest absolute Gasteiger partial charge is 0.228 e. The molecule has 3 atom stereocenters. The fourth-order valence-electron chi connectivity index (χ4n) is 3.99. The molecule has 1 aromatic carbocycles. The minimum atomic E-state index is 0.0808. The number of benzene rings is 1. The van der Waals surface area contributed by atoms with Crippen LogP contribution in [0.15, 0.2) is 30.3 Å². The molecule has 2 aliphatic heterocycles. The Morgan fingerprint density at radius 1 is 1.12 bits per heavy atom. The van der Waals surface area contributed by atoms with E-state index in [1.165, 1.54) is 5.56 Å². The van der Waals surface area contributed by atoms with E-state index in [2.05, 4.69) is 54.0 Å². The van der Waals surface area contributed by atoms with Gasteiger partial charge in [0.25, 0.3) is 0 Å². The first-order valence-electron chi connectivity index (χ1n) is 9.39. The van der Waals surface area contributed by atoms with E-state index < -0.39 is 0 Å². The average molecular weight is 330 g/mol. The van der Waals surface area contributed by atoms with Crippen LogP contribution < -0.4 is 0 Å². The van der Waals surface area contributed by atoms with Crippen LogP contribution in [-0.4, -0.2) is 54.1 Å². The minimum Gasteiger partial charge on any atom is -0.381 e. The summed E-state index contributed by atoms with van der Waals surface area (Å²) in [5.41, 5.74) is 1.36. The monoisotopic (exact) mass is 330 g/mol. The van der Waals surface area contributed by atoms with Gasteiger partial charge in [-0.25, -0.2) is 0 Å². The highest BCUT2D eigenvalue weighted by Crippen LogP contribution is 2.25. The lowest BCUT2D eigenvalue weighted by molar-refractivity contribution is -0.142. The number of rotatable bonds is 5. The van der Waals surface area contributed by atoms with E-state index in [0.29, 0.717) is 24.6 Å². The van der Waals surface area contributed by atoms with Gasteiger partial charge < -0.3 is 9.64 Å². The number of carbonyl (C=O) groups is 1. The molecule has 0 aromatic heterocycles. The Morgan fingerprint density at radius 3 is 2.50 bits per heavy atom. The first kappa shape index (κ1) is 17.4. The molecule has 2 fully saturated rings. The molecule has 0 saturated carbocycles. The molecule has 3 rings (SSSR count). The van der Waals surface area contributed by atoms with Crippen LogP contribution in [-0.2, 0) is 16.1 Å². The molecule has 1 aromatic rings. The fourth-order valence-corrected chi connectivity index (χ4v) is 3.99. The van der Waals surface area contributed by atoms with Gasteiger partial charge in [0.15, 0.2) is 0 Å². The minimum absolute atomic E-state index is 0.0808. The van der Waals surface area contributed by atoms with Crippen LogP contribution in [0.25, 0.3) is 0 Å². The number of piperazine rings is 1. The van der Waals surface area contributed by atoms with Crippen molar-refractivity contribution in [3.63, 3.8) is 0 Å². The van der Waals surface area contributed by atoms with Gasteiger partial charge >= 0.3 is 0 Å². The molecule has 3 unspecified atom stereocenters. The number of ether oxygens (including phenoxy) is 1. The van der Waals surface area contributed by atoms with E-state index in [-0.39, 0.29) is 5.92 Å². The van der Waals surface area contributed by atoms with E-state index in [1.807, 2.05) is 0 Å². The van der Waals surface area contributed by atoms with Gasteiger partial charge in [0.2, 0.25) is 5.91 Å². The van der Waals surface area contributed by atoms with E-state index in [9.17, 15) is 4.79 Å². The van der Waals surface area contributed by atoms with Gasteiger partial charge in [-0.2, -0.15) is 0 Å². The lowest BCUT2D eigenvalue weighted by atomic mass is 9.98. The third kappa shape index (κ3) is 3.81. The van der Waals surface area contributed by atoms with Gasteiger partial charge in [-0.15, -0.1) is 0 Å². The summed E-state index contributed by atoms with van der Waals surface area (Å²) in [6.07, 6.45) is 2.98. The maximum atomic E-state index is 12.9. The normalized spacial score (nSPS) is 28.2. The fraction of sp³-hybridized carbons (Fsp3) is 0.650. The summed E-state index contributed by atoms with van der Waals surface area (Å²) < 4.78 is 5.43. The molecule has 4 heteroatoms. The zero-order valence-corrected chi connectivity index (χ0v) is 15.0. The van der Waals surface area contributed by atoms with Gasteiger partial charge in [0.1, 0.15) is 0 Å². The van der Waals surface area contributed by atoms with Gasteiger partial charge in [-0.1, -0.05) is 44.2 Å². The summed E-state index contributed by atoms with van der Waals surface area (Å²) >= 11 is 0. The number of amides is 1. The van der Waals surface area contributed by atoms with E-state index in [1.54, 1.807) is 0 Å². The third-order valence-corrected chi connectivity index (χ3v) is 5.54. The summed E-state index contributed by atoms with van der Waals surface area (Å²) in [6.45, 7) is 8.58. The molecule has 4 nitrogen and oxygen atoms in total. The zero-order valence-electron chi connectivity index (χ0n) is 15.0. The Labute approximate surface area is 145 Å². The van der Waals surface area contributed by atoms with E-state index >= 15 is 0 Å². The van der Waals surface area contributed by atoms with Crippen molar-refractivity contribution in [2.75, 3.05) is 26.3 Å². The van der Waals surface area contributed by atoms with Gasteiger partial charge in [-0.05, 0) is 24.8 Å². The highest BCUT2D eigenvalue weighted by Gasteiger charge is 2.38. The first-order valence-corrected chi connectivity index (χ1v) is 9.39. The maximum Gasteiger partial charge on any atom is 0.228 e. The van der Waals surface area contributed by atoms with Crippen LogP contribution in [0.4, 0.5) is 0 Å². The lowest BCUT2D eigenvalue weighted by Gasteiger charge is -2.47. The highest BCUT2D eigenvalue weighted by molar-refractivity contribution is 5.79. The molecule has 2 heterocycles. The molecular formula is C20H30N2O2. The summed E-state index contributed by atoms with van der Waals surface area (Å²) in [4.78, 5) is 17.7. The number of carbonyl (C=O) groups excluding carboxylic acids is 1. The average Bonchev–Trinajstić information content (AvgIpc) is 3.16. The lowest BCUT2D eigenvalue weighted by Crippen LogP contribution is -2.60. The Morgan fingerprint density at radius 2 is 1.88 bits per heavy atom. The third-order valence-electron chi connectivity index (χ3n) is 5.54. The molecule has 0 aliphatic carbocycles. The van der Waals surface area contributed by atoms with Crippen molar-refractivity contribution in [2.45, 2.75) is 51.7 Å². The molecule has 0 spiro atoms. The quantitative estimate of drug-likeness (QED) is 0.832. The molecule has 0 bridgehead atoms. The van der Waals surface area contributed by atoms with Crippen molar-refractivity contribution in [1.82, 2.24) is 9.80 Å². The van der Waals surface area contributed by atoms with Crippen molar-refractivity contribution < 1.29 is 9.53 Å². The van der Waals surface area contributed by atoms with E-state index in [0.717, 1.165) is 45.5 Å². The number of hydrogen-bond acceptors (Lipinski definition) is 3. The Bertz CT molecular complexity index is 528. The Hall–Kier alpha value is -1.39. The predicted molar refractivity (Wildman–Crippen MR) is 95.6 cm³/mol. The van der Waals surface area contributed by atoms with Gasteiger partial charge in [0, 0.05) is 38.3 Å². The highest BCUT2D eigenvalue weighted by atomic mass is 16.5. The summed E-state index contributed by atoms with van der Waals surface area (Å²) in [5.74, 6) is 0.398. The maximum absolute atomic E-state index is 12.9. The predicted octanol–water partition coefficient (Wildman–Crippen LogP) is 2.92. The van der Waals surface area contributed by atoms with Crippen molar-refractivity contribution >= 4 is 5.91 Å². The van der Waals surface area contributed by atoms with Crippen molar-refractivity contribution in [1.29, 1.82) is 0 Å². The summed E-state index contributed by atoms with van der Waals surface area (Å²) in [6, 6.07) is 11.4. The van der Waals surface area contributed by atoms with Crippen LogP contribution in [0.1, 0.15) is 38.7 Å². The molecular weight excluding hydrogens is 300 g/mol. The molecule has 132 valence electrons. The largest absolute Gasteiger partial charge is 0.381 e. The molecule has 1 amide bonds. The number of nitrogens with zero attached hydrogens (tertiary/aromatic N) is 2. The topological polar surface area (TPSA) is 32.8 Å². The van der Waals surface area contributed by atoms with Gasteiger partial charge in [0.05, 0.1) is 12.5 Å². The Kier molecular flexibility index (Phi) is 5.90. The second-order valence-corrected chi connectivity index (χ2v) is 7.09. The molecule has 0 N–H and O–H groups in total. The van der Waals surface area contributed by atoms with Crippen LogP contribution in [0.5, 0.6) is 0 Å². The molecule has 24 heavy (non-hydrogen) atoms. The second-order valence-electron chi connectivity index (χ2n) is 7.09. The van der Waals surface area contributed by atoms with Crippen LogP contribution >= 0.6 is 0 Å². The summed E-state index contributed by atoms with van der Waals surface area (Å²) in [5, 5.41) is 0. The standard InChI is InChI=1S/C20H30N2O2/c1-3-18-14-22(20(23)17-10-11-24-15-17)19(4-2)13-21(18)12-16-8-6-5-7-9-16/h5-9,17-19H,3-4,10-15H2,1-2H3. The van der Waals surface area contributed by atoms with Crippen LogP contribution in [0.3, 0.4) is 0 Å². The van der Waals surface area contributed by atoms with E-state index in [4.69, 9.17) is 4.74 Å².